The molecular weight excluding hydrogens is 366 g/mol. The van der Waals surface area contributed by atoms with Crippen LogP contribution in [0.3, 0.4) is 0 Å². The summed E-state index contributed by atoms with van der Waals surface area (Å²) in [6.45, 7) is 5.53. The monoisotopic (exact) mass is 399 g/mol. The first-order chi connectivity index (χ1) is 14.1. The van der Waals surface area contributed by atoms with Crippen LogP contribution in [0.4, 0.5) is 4.79 Å². The standard InChI is InChI=1S/C23H33N3O3/c1-17-2-4-18(5-3-17)16-24-23(28)25-12-8-20(9-13-25)26(22(27)19-6-7-19)21-10-14-29-15-11-21/h2-5,19-21H,6-16H2,1H3,(H,24,28). The maximum Gasteiger partial charge on any atom is 0.317 e. The fourth-order valence-electron chi connectivity index (χ4n) is 4.50. The zero-order chi connectivity index (χ0) is 20.2. The van der Waals surface area contributed by atoms with Gasteiger partial charge in [-0.05, 0) is 51.0 Å². The minimum atomic E-state index is -0.00448. The summed E-state index contributed by atoms with van der Waals surface area (Å²) in [4.78, 5) is 29.7. The van der Waals surface area contributed by atoms with Crippen molar-refractivity contribution in [3.8, 4) is 0 Å². The van der Waals surface area contributed by atoms with Crippen LogP contribution in [-0.2, 0) is 16.1 Å². The topological polar surface area (TPSA) is 61.9 Å². The molecule has 1 aromatic carbocycles. The van der Waals surface area contributed by atoms with Gasteiger partial charge in [-0.15, -0.1) is 0 Å². The molecule has 1 N–H and O–H groups in total. The molecule has 6 heteroatoms. The summed E-state index contributed by atoms with van der Waals surface area (Å²) < 4.78 is 5.51. The molecule has 29 heavy (non-hydrogen) atoms. The van der Waals surface area contributed by atoms with E-state index in [1.807, 2.05) is 4.90 Å². The van der Waals surface area contributed by atoms with Gasteiger partial charge in [-0.3, -0.25) is 4.79 Å². The van der Waals surface area contributed by atoms with Gasteiger partial charge < -0.3 is 19.9 Å². The van der Waals surface area contributed by atoms with E-state index in [-0.39, 0.29) is 18.0 Å². The average Bonchev–Trinajstić information content (AvgIpc) is 3.60. The Morgan fingerprint density at radius 2 is 1.62 bits per heavy atom. The molecule has 0 spiro atoms. The number of nitrogens with zero attached hydrogens (tertiary/aromatic N) is 2. The van der Waals surface area contributed by atoms with Crippen LogP contribution in [0.5, 0.6) is 0 Å². The van der Waals surface area contributed by atoms with Crippen LogP contribution in [0.25, 0.3) is 0 Å². The van der Waals surface area contributed by atoms with Crippen LogP contribution < -0.4 is 5.32 Å². The lowest BCUT2D eigenvalue weighted by molar-refractivity contribution is -0.141. The van der Waals surface area contributed by atoms with Gasteiger partial charge in [0.1, 0.15) is 0 Å². The van der Waals surface area contributed by atoms with Crippen molar-refractivity contribution in [2.75, 3.05) is 26.3 Å². The van der Waals surface area contributed by atoms with Gasteiger partial charge in [0.05, 0.1) is 0 Å². The lowest BCUT2D eigenvalue weighted by Gasteiger charge is -2.43. The number of aryl methyl sites for hydroxylation is 1. The normalized spacial score (nSPS) is 21.1. The van der Waals surface area contributed by atoms with Crippen molar-refractivity contribution in [3.63, 3.8) is 0 Å². The molecule has 0 aromatic heterocycles. The number of carbonyl (C=O) groups is 2. The van der Waals surface area contributed by atoms with Crippen molar-refractivity contribution < 1.29 is 14.3 Å². The minimum Gasteiger partial charge on any atom is -0.381 e. The fourth-order valence-corrected chi connectivity index (χ4v) is 4.50. The van der Waals surface area contributed by atoms with E-state index in [4.69, 9.17) is 4.74 Å². The Morgan fingerprint density at radius 3 is 2.24 bits per heavy atom. The molecule has 2 aliphatic heterocycles. The largest absolute Gasteiger partial charge is 0.381 e. The summed E-state index contributed by atoms with van der Waals surface area (Å²) >= 11 is 0. The van der Waals surface area contributed by atoms with Gasteiger partial charge in [0, 0.05) is 50.8 Å². The molecule has 0 radical (unpaired) electrons. The highest BCUT2D eigenvalue weighted by atomic mass is 16.5. The van der Waals surface area contributed by atoms with Gasteiger partial charge in [-0.1, -0.05) is 29.8 Å². The molecule has 158 valence electrons. The van der Waals surface area contributed by atoms with Gasteiger partial charge in [0.15, 0.2) is 0 Å². The van der Waals surface area contributed by atoms with Crippen LogP contribution in [0.15, 0.2) is 24.3 Å². The number of hydrogen-bond donors (Lipinski definition) is 1. The first-order valence-electron chi connectivity index (χ1n) is 11.1. The molecular formula is C23H33N3O3. The van der Waals surface area contributed by atoms with E-state index in [2.05, 4.69) is 41.4 Å². The first-order valence-corrected chi connectivity index (χ1v) is 11.1. The van der Waals surface area contributed by atoms with Crippen molar-refractivity contribution in [2.45, 2.75) is 64.1 Å². The van der Waals surface area contributed by atoms with E-state index in [9.17, 15) is 9.59 Å². The van der Waals surface area contributed by atoms with Gasteiger partial charge in [-0.25, -0.2) is 4.79 Å². The Hall–Kier alpha value is -2.08. The highest BCUT2D eigenvalue weighted by Crippen LogP contribution is 2.35. The molecule has 3 fully saturated rings. The summed E-state index contributed by atoms with van der Waals surface area (Å²) in [5, 5.41) is 3.04. The molecule has 0 atom stereocenters. The third-order valence-electron chi connectivity index (χ3n) is 6.47. The summed E-state index contributed by atoms with van der Waals surface area (Å²) in [5.74, 6) is 0.591. The zero-order valence-electron chi connectivity index (χ0n) is 17.4. The minimum absolute atomic E-state index is 0.00448. The highest BCUT2D eigenvalue weighted by molar-refractivity contribution is 5.81. The number of ether oxygens (including phenoxy) is 1. The third-order valence-corrected chi connectivity index (χ3v) is 6.47. The lowest BCUT2D eigenvalue weighted by atomic mass is 9.97. The molecule has 4 rings (SSSR count). The van der Waals surface area contributed by atoms with Crippen LogP contribution >= 0.6 is 0 Å². The van der Waals surface area contributed by atoms with E-state index >= 15 is 0 Å². The van der Waals surface area contributed by atoms with Crippen LogP contribution in [0.2, 0.25) is 0 Å². The number of rotatable bonds is 5. The Bertz CT molecular complexity index is 703. The highest BCUT2D eigenvalue weighted by Gasteiger charge is 2.41. The maximum atomic E-state index is 13.0. The molecule has 2 saturated heterocycles. The van der Waals surface area contributed by atoms with E-state index in [1.165, 1.54) is 5.56 Å². The van der Waals surface area contributed by atoms with Gasteiger partial charge >= 0.3 is 6.03 Å². The molecule has 2 heterocycles. The summed E-state index contributed by atoms with van der Waals surface area (Å²) in [6.07, 6.45) is 5.70. The predicted molar refractivity (Wildman–Crippen MR) is 111 cm³/mol. The number of urea groups is 1. The lowest BCUT2D eigenvalue weighted by Crippen LogP contribution is -2.55. The smallest absolute Gasteiger partial charge is 0.317 e. The van der Waals surface area contributed by atoms with Crippen molar-refractivity contribution in [1.29, 1.82) is 0 Å². The van der Waals surface area contributed by atoms with Crippen LogP contribution in [0.1, 0.15) is 49.7 Å². The fraction of sp³-hybridized carbons (Fsp3) is 0.652. The Balaban J connectivity index is 1.30. The molecule has 1 aromatic rings. The van der Waals surface area contributed by atoms with Gasteiger partial charge in [-0.2, -0.15) is 0 Å². The molecule has 6 nitrogen and oxygen atoms in total. The maximum absolute atomic E-state index is 13.0. The molecule has 0 bridgehead atoms. The van der Waals surface area contributed by atoms with Gasteiger partial charge in [0.2, 0.25) is 5.91 Å². The number of likely N-dealkylation sites (tertiary alicyclic amines) is 1. The molecule has 0 unspecified atom stereocenters. The van der Waals surface area contributed by atoms with E-state index in [1.54, 1.807) is 0 Å². The number of hydrogen-bond acceptors (Lipinski definition) is 3. The zero-order valence-corrected chi connectivity index (χ0v) is 17.4. The van der Waals surface area contributed by atoms with E-state index in [0.717, 1.165) is 57.3 Å². The number of carbonyl (C=O) groups excluding carboxylic acids is 2. The second-order valence-corrected chi connectivity index (χ2v) is 8.73. The van der Waals surface area contributed by atoms with Crippen molar-refractivity contribution in [1.82, 2.24) is 15.1 Å². The van der Waals surface area contributed by atoms with E-state index < -0.39 is 0 Å². The Morgan fingerprint density at radius 1 is 1.00 bits per heavy atom. The Labute approximate surface area is 173 Å². The molecule has 1 aliphatic carbocycles. The molecule has 1 saturated carbocycles. The molecule has 3 amide bonds. The second-order valence-electron chi connectivity index (χ2n) is 8.73. The van der Waals surface area contributed by atoms with Gasteiger partial charge in [0.25, 0.3) is 0 Å². The van der Waals surface area contributed by atoms with Crippen LogP contribution in [0, 0.1) is 12.8 Å². The summed E-state index contributed by atoms with van der Waals surface area (Å²) in [7, 11) is 0. The molecule has 3 aliphatic rings. The quantitative estimate of drug-likeness (QED) is 0.828. The predicted octanol–water partition coefficient (Wildman–Crippen LogP) is 3.09. The Kier molecular flexibility index (Phi) is 6.38. The number of piperidine rings is 1. The number of nitrogens with one attached hydrogen (secondary N) is 1. The summed E-state index contributed by atoms with van der Waals surface area (Å²) in [5.41, 5.74) is 2.33. The summed E-state index contributed by atoms with van der Waals surface area (Å²) in [6, 6.07) is 8.80. The van der Waals surface area contributed by atoms with Crippen molar-refractivity contribution in [3.05, 3.63) is 35.4 Å². The SMILES string of the molecule is Cc1ccc(CNC(=O)N2CCC(N(C(=O)C3CC3)C3CCOCC3)CC2)cc1. The van der Waals surface area contributed by atoms with Crippen molar-refractivity contribution in [2.24, 2.45) is 5.92 Å². The number of benzene rings is 1. The van der Waals surface area contributed by atoms with E-state index in [0.29, 0.717) is 31.6 Å². The number of amides is 3. The average molecular weight is 400 g/mol. The first kappa shape index (κ1) is 20.2. The second kappa shape index (κ2) is 9.16. The van der Waals surface area contributed by atoms with Crippen molar-refractivity contribution >= 4 is 11.9 Å². The third kappa shape index (κ3) is 5.10. The van der Waals surface area contributed by atoms with Crippen LogP contribution in [-0.4, -0.2) is 60.1 Å².